The molecule has 3 rings (SSSR count). The van der Waals surface area contributed by atoms with Crippen molar-refractivity contribution in [3.8, 4) is 17.2 Å². The first-order valence-corrected chi connectivity index (χ1v) is 9.33. The van der Waals surface area contributed by atoms with Crippen molar-refractivity contribution in [3.63, 3.8) is 0 Å². The lowest BCUT2D eigenvalue weighted by Crippen LogP contribution is -2.06. The molecule has 0 radical (unpaired) electrons. The molecule has 7 heteroatoms. The Balaban J connectivity index is 1.87. The van der Waals surface area contributed by atoms with Gasteiger partial charge in [-0.2, -0.15) is 10.4 Å². The van der Waals surface area contributed by atoms with Gasteiger partial charge in [-0.25, -0.2) is 4.79 Å². The molecule has 3 aromatic rings. The number of carboxylic acid groups (broad SMARTS) is 1. The van der Waals surface area contributed by atoms with Crippen molar-refractivity contribution in [3.05, 3.63) is 74.5 Å². The van der Waals surface area contributed by atoms with E-state index < -0.39 is 5.97 Å². The molecule has 0 aliphatic rings. The fourth-order valence-corrected chi connectivity index (χ4v) is 3.64. The standard InChI is InChI=1S/C21H17Cl2N3O2/c1-12-20(15-4-5-16(11-24)19(23)10-15)13(2)26(25-12)8-7-14-3-6-18(22)17(9-14)21(27)28/h3-6,9-10H,7-8H2,1-2H3,(H,27,28). The van der Waals surface area contributed by atoms with Crippen LogP contribution in [0.5, 0.6) is 0 Å². The summed E-state index contributed by atoms with van der Waals surface area (Å²) in [7, 11) is 0. The molecule has 0 saturated heterocycles. The number of hydrogen-bond acceptors (Lipinski definition) is 3. The third kappa shape index (κ3) is 3.89. The Morgan fingerprint density at radius 2 is 1.93 bits per heavy atom. The van der Waals surface area contributed by atoms with E-state index in [2.05, 4.69) is 11.2 Å². The van der Waals surface area contributed by atoms with Gasteiger partial charge in [-0.05, 0) is 55.7 Å². The van der Waals surface area contributed by atoms with Crippen LogP contribution in [0.2, 0.25) is 10.0 Å². The van der Waals surface area contributed by atoms with Gasteiger partial charge in [0, 0.05) is 17.8 Å². The number of rotatable bonds is 5. The van der Waals surface area contributed by atoms with Gasteiger partial charge in [-0.15, -0.1) is 0 Å². The third-order valence-electron chi connectivity index (χ3n) is 4.63. The Bertz CT molecular complexity index is 1110. The van der Waals surface area contributed by atoms with Crippen molar-refractivity contribution < 1.29 is 9.90 Å². The van der Waals surface area contributed by atoms with Crippen molar-refractivity contribution in [2.24, 2.45) is 0 Å². The topological polar surface area (TPSA) is 78.9 Å². The number of carboxylic acids is 1. The SMILES string of the molecule is Cc1nn(CCc2ccc(Cl)c(C(=O)O)c2)c(C)c1-c1ccc(C#N)c(Cl)c1. The minimum absolute atomic E-state index is 0.0976. The predicted octanol–water partition coefficient (Wildman–Crippen LogP) is 5.29. The molecule has 1 N–H and O–H groups in total. The minimum atomic E-state index is -1.04. The number of hydrogen-bond donors (Lipinski definition) is 1. The molecule has 0 saturated carbocycles. The van der Waals surface area contributed by atoms with Crippen LogP contribution in [-0.2, 0) is 13.0 Å². The van der Waals surface area contributed by atoms with Crippen molar-refractivity contribution in [1.29, 1.82) is 5.26 Å². The lowest BCUT2D eigenvalue weighted by molar-refractivity contribution is 0.0697. The third-order valence-corrected chi connectivity index (χ3v) is 5.28. The fourth-order valence-electron chi connectivity index (χ4n) is 3.22. The number of nitriles is 1. The van der Waals surface area contributed by atoms with E-state index in [4.69, 9.17) is 28.5 Å². The Hall–Kier alpha value is -2.81. The van der Waals surface area contributed by atoms with Gasteiger partial charge in [-0.1, -0.05) is 35.3 Å². The van der Waals surface area contributed by atoms with Crippen LogP contribution in [0.1, 0.15) is 32.9 Å². The molecule has 1 heterocycles. The molecule has 142 valence electrons. The second-order valence-electron chi connectivity index (χ2n) is 6.44. The Labute approximate surface area is 172 Å². The summed E-state index contributed by atoms with van der Waals surface area (Å²) in [6.45, 7) is 4.50. The molecular weight excluding hydrogens is 397 g/mol. The highest BCUT2D eigenvalue weighted by Gasteiger charge is 2.15. The van der Waals surface area contributed by atoms with E-state index in [-0.39, 0.29) is 10.6 Å². The predicted molar refractivity (Wildman–Crippen MR) is 109 cm³/mol. The maximum absolute atomic E-state index is 11.2. The van der Waals surface area contributed by atoms with Crippen molar-refractivity contribution >= 4 is 29.2 Å². The molecule has 0 aliphatic carbocycles. The molecule has 2 aromatic carbocycles. The number of carbonyl (C=O) groups is 1. The number of benzene rings is 2. The lowest BCUT2D eigenvalue weighted by Gasteiger charge is -2.08. The normalized spacial score (nSPS) is 10.7. The zero-order valence-corrected chi connectivity index (χ0v) is 16.8. The van der Waals surface area contributed by atoms with Crippen molar-refractivity contribution in [2.45, 2.75) is 26.8 Å². The van der Waals surface area contributed by atoms with Crippen LogP contribution in [0.4, 0.5) is 0 Å². The highest BCUT2D eigenvalue weighted by molar-refractivity contribution is 6.33. The smallest absolute Gasteiger partial charge is 0.337 e. The van der Waals surface area contributed by atoms with Gasteiger partial charge in [-0.3, -0.25) is 4.68 Å². The Morgan fingerprint density at radius 3 is 2.57 bits per heavy atom. The van der Waals surface area contributed by atoms with Gasteiger partial charge in [0.1, 0.15) is 6.07 Å². The molecule has 28 heavy (non-hydrogen) atoms. The van der Waals surface area contributed by atoms with Crippen LogP contribution in [-0.4, -0.2) is 20.9 Å². The van der Waals surface area contributed by atoms with Crippen LogP contribution in [0.3, 0.4) is 0 Å². The highest BCUT2D eigenvalue weighted by atomic mass is 35.5. The van der Waals surface area contributed by atoms with E-state index in [1.54, 1.807) is 24.3 Å². The summed E-state index contributed by atoms with van der Waals surface area (Å²) in [4.78, 5) is 11.2. The number of aromatic nitrogens is 2. The monoisotopic (exact) mass is 413 g/mol. The summed E-state index contributed by atoms with van der Waals surface area (Å²) in [5, 5.41) is 23.5. The van der Waals surface area contributed by atoms with Crippen molar-refractivity contribution in [2.75, 3.05) is 0 Å². The molecule has 5 nitrogen and oxygen atoms in total. The first kappa shape index (κ1) is 19.9. The largest absolute Gasteiger partial charge is 0.478 e. The highest BCUT2D eigenvalue weighted by Crippen LogP contribution is 2.30. The second kappa shape index (κ2) is 8.05. The van der Waals surface area contributed by atoms with E-state index in [0.29, 0.717) is 23.6 Å². The summed E-state index contributed by atoms with van der Waals surface area (Å²) in [5.41, 5.74) is 5.13. The molecule has 0 atom stereocenters. The first-order valence-electron chi connectivity index (χ1n) is 8.57. The van der Waals surface area contributed by atoms with Gasteiger partial charge in [0.2, 0.25) is 0 Å². The van der Waals surface area contributed by atoms with Gasteiger partial charge in [0.05, 0.1) is 26.9 Å². The average molecular weight is 414 g/mol. The van der Waals surface area contributed by atoms with Crippen LogP contribution >= 0.6 is 23.2 Å². The minimum Gasteiger partial charge on any atom is -0.478 e. The van der Waals surface area contributed by atoms with Crippen LogP contribution < -0.4 is 0 Å². The Kier molecular flexibility index (Phi) is 5.73. The number of nitrogens with zero attached hydrogens (tertiary/aromatic N) is 3. The van der Waals surface area contributed by atoms with E-state index in [1.165, 1.54) is 0 Å². The number of halogens is 2. The maximum Gasteiger partial charge on any atom is 0.337 e. The van der Waals surface area contributed by atoms with Crippen molar-refractivity contribution in [1.82, 2.24) is 9.78 Å². The van der Waals surface area contributed by atoms with Gasteiger partial charge < -0.3 is 5.11 Å². The fraction of sp³-hybridized carbons (Fsp3) is 0.190. The number of aromatic carboxylic acids is 1. The van der Waals surface area contributed by atoms with Gasteiger partial charge >= 0.3 is 5.97 Å². The molecule has 1 aromatic heterocycles. The first-order chi connectivity index (χ1) is 13.3. The summed E-state index contributed by atoms with van der Waals surface area (Å²) < 4.78 is 1.89. The molecule has 0 amide bonds. The van der Waals surface area contributed by atoms with E-state index in [9.17, 15) is 9.90 Å². The molecule has 0 spiro atoms. The second-order valence-corrected chi connectivity index (χ2v) is 7.26. The molecule has 0 unspecified atom stereocenters. The summed E-state index contributed by atoms with van der Waals surface area (Å²) >= 11 is 12.1. The molecule has 0 fully saturated rings. The maximum atomic E-state index is 11.2. The molecule has 0 bridgehead atoms. The zero-order chi connectivity index (χ0) is 20.4. The Morgan fingerprint density at radius 1 is 1.18 bits per heavy atom. The average Bonchev–Trinajstić information content (AvgIpc) is 2.94. The summed E-state index contributed by atoms with van der Waals surface area (Å²) in [6.07, 6.45) is 0.618. The van der Waals surface area contributed by atoms with E-state index >= 15 is 0 Å². The van der Waals surface area contributed by atoms with Gasteiger partial charge in [0.25, 0.3) is 0 Å². The summed E-state index contributed by atoms with van der Waals surface area (Å²) in [5.74, 6) is -1.04. The van der Waals surface area contributed by atoms with Crippen LogP contribution in [0, 0.1) is 25.2 Å². The van der Waals surface area contributed by atoms with Crippen LogP contribution in [0.15, 0.2) is 36.4 Å². The van der Waals surface area contributed by atoms with E-state index in [1.807, 2.05) is 30.7 Å². The molecular formula is C21H17Cl2N3O2. The quantitative estimate of drug-likeness (QED) is 0.616. The lowest BCUT2D eigenvalue weighted by atomic mass is 10.0. The van der Waals surface area contributed by atoms with E-state index in [0.717, 1.165) is 28.1 Å². The molecule has 0 aliphatic heterocycles. The summed E-state index contributed by atoms with van der Waals surface area (Å²) in [6, 6.07) is 12.4. The van der Waals surface area contributed by atoms with Crippen LogP contribution in [0.25, 0.3) is 11.1 Å². The van der Waals surface area contributed by atoms with Gasteiger partial charge in [0.15, 0.2) is 0 Å². The number of aryl methyl sites for hydroxylation is 3. The zero-order valence-electron chi connectivity index (χ0n) is 15.3.